The van der Waals surface area contributed by atoms with E-state index in [2.05, 4.69) is 34.4 Å². The van der Waals surface area contributed by atoms with Gasteiger partial charge in [0.2, 0.25) is 5.13 Å². The van der Waals surface area contributed by atoms with Gasteiger partial charge >= 0.3 is 0 Å². The minimum atomic E-state index is 0.348. The summed E-state index contributed by atoms with van der Waals surface area (Å²) >= 11 is 1.52. The Balaban J connectivity index is 2.05. The van der Waals surface area contributed by atoms with Gasteiger partial charge in [0, 0.05) is 17.2 Å². The van der Waals surface area contributed by atoms with Crippen LogP contribution in [0.3, 0.4) is 0 Å². The second-order valence-electron chi connectivity index (χ2n) is 4.73. The Hall–Kier alpha value is -2.28. The fourth-order valence-electron chi connectivity index (χ4n) is 1.82. The molecule has 3 aromatic rings. The molecule has 102 valence electrons. The molecule has 0 amide bonds. The van der Waals surface area contributed by atoms with Crippen molar-refractivity contribution in [2.45, 2.75) is 19.8 Å². The van der Waals surface area contributed by atoms with Crippen LogP contribution in [0.25, 0.3) is 16.4 Å². The van der Waals surface area contributed by atoms with Gasteiger partial charge < -0.3 is 5.73 Å². The molecule has 0 bridgehead atoms. The van der Waals surface area contributed by atoms with Gasteiger partial charge in [-0.2, -0.15) is 4.68 Å². The van der Waals surface area contributed by atoms with E-state index >= 15 is 0 Å². The van der Waals surface area contributed by atoms with Gasteiger partial charge in [0.25, 0.3) is 0 Å². The number of hydrogen-bond donors (Lipinski definition) is 1. The van der Waals surface area contributed by atoms with E-state index < -0.39 is 0 Å². The van der Waals surface area contributed by atoms with Crippen LogP contribution in [0.4, 0.5) is 5.69 Å². The van der Waals surface area contributed by atoms with Gasteiger partial charge in [-0.05, 0) is 12.1 Å². The third kappa shape index (κ3) is 2.27. The average molecular weight is 286 g/mol. The number of nitrogens with two attached hydrogens (primary N) is 1. The quantitative estimate of drug-likeness (QED) is 0.748. The molecule has 0 atom stereocenters. The van der Waals surface area contributed by atoms with Gasteiger partial charge in [0.05, 0.1) is 11.9 Å². The Morgan fingerprint density at radius 3 is 2.80 bits per heavy atom. The highest BCUT2D eigenvalue weighted by molar-refractivity contribution is 7.13. The lowest BCUT2D eigenvalue weighted by molar-refractivity contribution is 0.776. The van der Waals surface area contributed by atoms with E-state index in [-0.39, 0.29) is 0 Å². The third-order valence-electron chi connectivity index (χ3n) is 2.84. The predicted octanol–water partition coefficient (Wildman–Crippen LogP) is 2.49. The Morgan fingerprint density at radius 2 is 2.10 bits per heavy atom. The van der Waals surface area contributed by atoms with Crippen molar-refractivity contribution in [1.82, 2.24) is 25.2 Å². The molecule has 0 aliphatic rings. The van der Waals surface area contributed by atoms with Crippen LogP contribution >= 0.6 is 11.3 Å². The lowest BCUT2D eigenvalue weighted by atomic mass is 10.1. The SMILES string of the molecule is CC(C)c1nnc(-n2nncc2-c2cccc(N)c2)s1. The standard InChI is InChI=1S/C13H14N6S/c1-8(2)12-16-17-13(20-12)19-11(7-15-18-19)9-4-3-5-10(14)6-9/h3-8H,14H2,1-2H3. The molecule has 6 nitrogen and oxygen atoms in total. The van der Waals surface area contributed by atoms with Crippen molar-refractivity contribution < 1.29 is 0 Å². The van der Waals surface area contributed by atoms with Crippen LogP contribution < -0.4 is 5.73 Å². The van der Waals surface area contributed by atoms with Crippen molar-refractivity contribution in [2.24, 2.45) is 0 Å². The third-order valence-corrected chi connectivity index (χ3v) is 4.04. The molecule has 2 N–H and O–H groups in total. The van der Waals surface area contributed by atoms with Gasteiger partial charge in [-0.1, -0.05) is 42.5 Å². The molecular formula is C13H14N6S. The Labute approximate surface area is 120 Å². The number of nitrogen functional groups attached to an aromatic ring is 1. The maximum Gasteiger partial charge on any atom is 0.234 e. The first-order valence-corrected chi connectivity index (χ1v) is 7.07. The van der Waals surface area contributed by atoms with Crippen LogP contribution in [-0.2, 0) is 0 Å². The number of benzene rings is 1. The summed E-state index contributed by atoms with van der Waals surface area (Å²) in [6, 6.07) is 7.61. The molecule has 1 aromatic carbocycles. The Bertz CT molecular complexity index is 730. The molecule has 0 aliphatic heterocycles. The smallest absolute Gasteiger partial charge is 0.234 e. The van der Waals surface area contributed by atoms with Crippen molar-refractivity contribution in [2.75, 3.05) is 5.73 Å². The molecular weight excluding hydrogens is 272 g/mol. The summed E-state index contributed by atoms with van der Waals surface area (Å²) < 4.78 is 1.69. The van der Waals surface area contributed by atoms with Crippen molar-refractivity contribution in [3.63, 3.8) is 0 Å². The summed E-state index contributed by atoms with van der Waals surface area (Å²) in [5.41, 5.74) is 8.33. The molecule has 2 heterocycles. The minimum Gasteiger partial charge on any atom is -0.399 e. The van der Waals surface area contributed by atoms with E-state index in [1.54, 1.807) is 10.9 Å². The van der Waals surface area contributed by atoms with E-state index in [0.717, 1.165) is 16.3 Å². The van der Waals surface area contributed by atoms with Crippen LogP contribution in [0.5, 0.6) is 0 Å². The monoisotopic (exact) mass is 286 g/mol. The van der Waals surface area contributed by atoms with Gasteiger partial charge in [0.1, 0.15) is 5.01 Å². The van der Waals surface area contributed by atoms with Crippen molar-refractivity contribution in [3.05, 3.63) is 35.5 Å². The zero-order valence-corrected chi connectivity index (χ0v) is 12.0. The molecule has 0 spiro atoms. The number of nitrogens with zero attached hydrogens (tertiary/aromatic N) is 5. The van der Waals surface area contributed by atoms with E-state index in [9.17, 15) is 0 Å². The van der Waals surface area contributed by atoms with Crippen molar-refractivity contribution in [1.29, 1.82) is 0 Å². The summed E-state index contributed by atoms with van der Waals surface area (Å²) in [5.74, 6) is 0.348. The fourth-order valence-corrected chi connectivity index (χ4v) is 2.62. The highest BCUT2D eigenvalue weighted by atomic mass is 32.1. The first kappa shape index (κ1) is 12.7. The first-order chi connectivity index (χ1) is 9.65. The maximum absolute atomic E-state index is 5.82. The van der Waals surface area contributed by atoms with E-state index in [0.29, 0.717) is 16.7 Å². The van der Waals surface area contributed by atoms with Crippen molar-refractivity contribution in [3.8, 4) is 16.4 Å². The molecule has 3 rings (SSSR count). The maximum atomic E-state index is 5.82. The van der Waals surface area contributed by atoms with E-state index in [4.69, 9.17) is 5.73 Å². The minimum absolute atomic E-state index is 0.348. The zero-order valence-electron chi connectivity index (χ0n) is 11.2. The number of anilines is 1. The summed E-state index contributed by atoms with van der Waals surface area (Å²) in [6.45, 7) is 4.18. The van der Waals surface area contributed by atoms with Gasteiger partial charge in [-0.25, -0.2) is 0 Å². The largest absolute Gasteiger partial charge is 0.399 e. The van der Waals surface area contributed by atoms with Crippen LogP contribution in [0.1, 0.15) is 24.8 Å². The Kier molecular flexibility index (Phi) is 3.19. The molecule has 0 radical (unpaired) electrons. The average Bonchev–Trinajstić information content (AvgIpc) is 3.07. The summed E-state index contributed by atoms with van der Waals surface area (Å²) in [7, 11) is 0. The molecule has 0 aliphatic carbocycles. The highest BCUT2D eigenvalue weighted by Gasteiger charge is 2.14. The van der Waals surface area contributed by atoms with Gasteiger partial charge in [0.15, 0.2) is 0 Å². The van der Waals surface area contributed by atoms with E-state index in [1.807, 2.05) is 24.3 Å². The zero-order chi connectivity index (χ0) is 14.1. The highest BCUT2D eigenvalue weighted by Crippen LogP contribution is 2.26. The molecule has 0 unspecified atom stereocenters. The summed E-state index contributed by atoms with van der Waals surface area (Å²) in [5, 5.41) is 18.1. The molecule has 20 heavy (non-hydrogen) atoms. The van der Waals surface area contributed by atoms with Crippen LogP contribution in [0.2, 0.25) is 0 Å². The normalized spacial score (nSPS) is 11.2. The van der Waals surface area contributed by atoms with Crippen LogP contribution in [0, 0.1) is 0 Å². The number of hydrogen-bond acceptors (Lipinski definition) is 6. The van der Waals surface area contributed by atoms with Crippen LogP contribution in [-0.4, -0.2) is 25.2 Å². The molecule has 7 heteroatoms. The number of rotatable bonds is 3. The number of aromatic nitrogens is 5. The Morgan fingerprint density at radius 1 is 1.25 bits per heavy atom. The van der Waals surface area contributed by atoms with Crippen molar-refractivity contribution >= 4 is 17.0 Å². The molecule has 0 saturated heterocycles. The molecule has 2 aromatic heterocycles. The van der Waals surface area contributed by atoms with Gasteiger partial charge in [-0.15, -0.1) is 15.3 Å². The fraction of sp³-hybridized carbons (Fsp3) is 0.231. The summed E-state index contributed by atoms with van der Waals surface area (Å²) in [6.07, 6.45) is 1.70. The molecule has 0 saturated carbocycles. The second kappa shape index (κ2) is 5.01. The first-order valence-electron chi connectivity index (χ1n) is 6.25. The van der Waals surface area contributed by atoms with Gasteiger partial charge in [-0.3, -0.25) is 0 Å². The topological polar surface area (TPSA) is 82.5 Å². The lowest BCUT2D eigenvalue weighted by Gasteiger charge is -2.03. The second-order valence-corrected chi connectivity index (χ2v) is 5.72. The summed E-state index contributed by atoms with van der Waals surface area (Å²) in [4.78, 5) is 0. The van der Waals surface area contributed by atoms with Crippen LogP contribution in [0.15, 0.2) is 30.5 Å². The lowest BCUT2D eigenvalue weighted by Crippen LogP contribution is -1.99. The molecule has 0 fully saturated rings. The predicted molar refractivity (Wildman–Crippen MR) is 78.8 cm³/mol. The van der Waals surface area contributed by atoms with E-state index in [1.165, 1.54) is 11.3 Å².